The number of amides is 1. The molecule has 0 radical (unpaired) electrons. The van der Waals surface area contributed by atoms with Crippen LogP contribution >= 0.6 is 0 Å². The van der Waals surface area contributed by atoms with Crippen molar-refractivity contribution in [3.8, 4) is 11.5 Å². The zero-order valence-electron chi connectivity index (χ0n) is 14.4. The predicted molar refractivity (Wildman–Crippen MR) is 94.5 cm³/mol. The summed E-state index contributed by atoms with van der Waals surface area (Å²) in [6.45, 7) is 4.45. The van der Waals surface area contributed by atoms with E-state index in [0.717, 1.165) is 37.2 Å². The van der Waals surface area contributed by atoms with Gasteiger partial charge in [-0.15, -0.1) is 6.58 Å². The van der Waals surface area contributed by atoms with Crippen LogP contribution in [0.1, 0.15) is 50.0 Å². The van der Waals surface area contributed by atoms with Crippen molar-refractivity contribution in [2.75, 3.05) is 13.7 Å². The average molecular weight is 329 g/mol. The summed E-state index contributed by atoms with van der Waals surface area (Å²) in [5, 5.41) is 3.03. The molecular formula is C20H27NO3. The molecule has 3 rings (SSSR count). The fraction of sp³-hybridized carbons (Fsp3) is 0.550. The molecule has 1 aromatic carbocycles. The second-order valence-corrected chi connectivity index (χ2v) is 6.83. The number of allylic oxidation sites excluding steroid dienone is 1. The van der Waals surface area contributed by atoms with Gasteiger partial charge in [0, 0.05) is 18.4 Å². The van der Waals surface area contributed by atoms with Crippen LogP contribution in [-0.2, 0) is 4.79 Å². The fourth-order valence-electron chi connectivity index (χ4n) is 3.79. The molecule has 2 atom stereocenters. The number of carbonyl (C=O) groups is 1. The standard InChI is InChI=1S/C20H27NO3/c1-3-6-15-11-16(13-21-20(15)22)14-9-10-18(23-2)19(12-14)24-17-7-4-5-8-17/h3,9-10,12,15-17H,1,4-8,11,13H2,2H3,(H,21,22)/t15?,16-/m1/s1. The molecule has 1 saturated carbocycles. The molecule has 2 fully saturated rings. The highest BCUT2D eigenvalue weighted by atomic mass is 16.5. The Hall–Kier alpha value is -1.97. The Morgan fingerprint density at radius 1 is 1.29 bits per heavy atom. The van der Waals surface area contributed by atoms with Gasteiger partial charge in [-0.25, -0.2) is 0 Å². The molecular weight excluding hydrogens is 302 g/mol. The summed E-state index contributed by atoms with van der Waals surface area (Å²) < 4.78 is 11.7. The second kappa shape index (κ2) is 7.73. The first-order valence-electron chi connectivity index (χ1n) is 8.94. The largest absolute Gasteiger partial charge is 0.493 e. The third-order valence-corrected chi connectivity index (χ3v) is 5.17. The Kier molecular flexibility index (Phi) is 5.44. The molecule has 24 heavy (non-hydrogen) atoms. The van der Waals surface area contributed by atoms with Crippen LogP contribution in [0.4, 0.5) is 0 Å². The van der Waals surface area contributed by atoms with E-state index in [1.165, 1.54) is 18.4 Å². The molecule has 2 aliphatic rings. The minimum Gasteiger partial charge on any atom is -0.493 e. The van der Waals surface area contributed by atoms with Crippen molar-refractivity contribution in [2.24, 2.45) is 5.92 Å². The average Bonchev–Trinajstić information content (AvgIpc) is 3.10. The lowest BCUT2D eigenvalue weighted by Gasteiger charge is -2.29. The normalized spacial score (nSPS) is 24.5. The molecule has 1 amide bonds. The number of methoxy groups -OCH3 is 1. The van der Waals surface area contributed by atoms with Crippen LogP contribution < -0.4 is 14.8 Å². The van der Waals surface area contributed by atoms with Crippen LogP contribution in [0.3, 0.4) is 0 Å². The van der Waals surface area contributed by atoms with E-state index in [9.17, 15) is 4.79 Å². The number of hydrogen-bond acceptors (Lipinski definition) is 3. The molecule has 1 saturated heterocycles. The minimum atomic E-state index is 0.0163. The minimum absolute atomic E-state index is 0.0163. The van der Waals surface area contributed by atoms with Crippen LogP contribution in [0.15, 0.2) is 30.9 Å². The van der Waals surface area contributed by atoms with Crippen LogP contribution in [0.25, 0.3) is 0 Å². The number of nitrogens with one attached hydrogen (secondary N) is 1. The number of benzene rings is 1. The van der Waals surface area contributed by atoms with E-state index >= 15 is 0 Å². The molecule has 1 aromatic rings. The molecule has 1 heterocycles. The molecule has 0 aromatic heterocycles. The highest BCUT2D eigenvalue weighted by Gasteiger charge is 2.29. The lowest BCUT2D eigenvalue weighted by molar-refractivity contribution is -0.126. The van der Waals surface area contributed by atoms with E-state index in [-0.39, 0.29) is 11.8 Å². The van der Waals surface area contributed by atoms with Gasteiger partial charge in [-0.2, -0.15) is 0 Å². The molecule has 1 unspecified atom stereocenters. The summed E-state index contributed by atoms with van der Waals surface area (Å²) in [5.74, 6) is 2.08. The van der Waals surface area contributed by atoms with Gasteiger partial charge in [0.2, 0.25) is 5.91 Å². The number of piperidine rings is 1. The first kappa shape index (κ1) is 16.9. The van der Waals surface area contributed by atoms with Gasteiger partial charge in [0.15, 0.2) is 11.5 Å². The summed E-state index contributed by atoms with van der Waals surface area (Å²) in [5.41, 5.74) is 1.21. The number of ether oxygens (including phenoxy) is 2. The van der Waals surface area contributed by atoms with Crippen LogP contribution in [0.5, 0.6) is 11.5 Å². The van der Waals surface area contributed by atoms with Crippen molar-refractivity contribution in [1.82, 2.24) is 5.32 Å². The topological polar surface area (TPSA) is 47.6 Å². The molecule has 1 aliphatic carbocycles. The SMILES string of the molecule is C=CCC1C[C@@H](c2ccc(OC)c(OC3CCCC3)c2)CNC1=O. The van der Waals surface area contributed by atoms with E-state index in [0.29, 0.717) is 18.6 Å². The Balaban J connectivity index is 1.77. The van der Waals surface area contributed by atoms with Crippen LogP contribution in [0, 0.1) is 5.92 Å². The molecule has 1 aliphatic heterocycles. The summed E-state index contributed by atoms with van der Waals surface area (Å²) >= 11 is 0. The maximum absolute atomic E-state index is 12.0. The van der Waals surface area contributed by atoms with Crippen LogP contribution in [0.2, 0.25) is 0 Å². The number of carbonyl (C=O) groups excluding carboxylic acids is 1. The molecule has 130 valence electrons. The Morgan fingerprint density at radius 3 is 2.79 bits per heavy atom. The zero-order chi connectivity index (χ0) is 16.9. The van der Waals surface area contributed by atoms with Gasteiger partial charge >= 0.3 is 0 Å². The van der Waals surface area contributed by atoms with Crippen molar-refractivity contribution < 1.29 is 14.3 Å². The summed E-state index contributed by atoms with van der Waals surface area (Å²) in [6, 6.07) is 6.18. The van der Waals surface area contributed by atoms with E-state index in [4.69, 9.17) is 9.47 Å². The Labute approximate surface area is 144 Å². The van der Waals surface area contributed by atoms with E-state index in [1.54, 1.807) is 7.11 Å². The predicted octanol–water partition coefficient (Wildman–Crippen LogP) is 3.81. The first-order valence-corrected chi connectivity index (χ1v) is 8.94. The lowest BCUT2D eigenvalue weighted by Crippen LogP contribution is -2.40. The smallest absolute Gasteiger partial charge is 0.223 e. The van der Waals surface area contributed by atoms with Gasteiger partial charge in [0.05, 0.1) is 13.2 Å². The third-order valence-electron chi connectivity index (χ3n) is 5.17. The molecule has 1 N–H and O–H groups in total. The molecule has 4 nitrogen and oxygen atoms in total. The third kappa shape index (κ3) is 3.74. The number of hydrogen-bond donors (Lipinski definition) is 1. The first-order chi connectivity index (χ1) is 11.7. The van der Waals surface area contributed by atoms with Crippen molar-refractivity contribution in [3.63, 3.8) is 0 Å². The van der Waals surface area contributed by atoms with Crippen molar-refractivity contribution in [1.29, 1.82) is 0 Å². The van der Waals surface area contributed by atoms with Gasteiger partial charge in [-0.1, -0.05) is 12.1 Å². The molecule has 0 spiro atoms. The van der Waals surface area contributed by atoms with Crippen molar-refractivity contribution in [2.45, 2.75) is 50.5 Å². The second-order valence-electron chi connectivity index (χ2n) is 6.83. The van der Waals surface area contributed by atoms with Crippen molar-refractivity contribution >= 4 is 5.91 Å². The molecule has 4 heteroatoms. The quantitative estimate of drug-likeness (QED) is 0.807. The van der Waals surface area contributed by atoms with Crippen LogP contribution in [-0.4, -0.2) is 25.7 Å². The van der Waals surface area contributed by atoms with Gasteiger partial charge in [-0.05, 0) is 56.2 Å². The Morgan fingerprint density at radius 2 is 2.08 bits per heavy atom. The maximum atomic E-state index is 12.0. The number of rotatable bonds is 6. The maximum Gasteiger partial charge on any atom is 0.223 e. The summed E-state index contributed by atoms with van der Waals surface area (Å²) in [4.78, 5) is 12.0. The summed E-state index contributed by atoms with van der Waals surface area (Å²) in [6.07, 6.45) is 8.43. The Bertz CT molecular complexity index is 593. The van der Waals surface area contributed by atoms with Crippen molar-refractivity contribution in [3.05, 3.63) is 36.4 Å². The highest BCUT2D eigenvalue weighted by molar-refractivity contribution is 5.79. The monoisotopic (exact) mass is 329 g/mol. The van der Waals surface area contributed by atoms with E-state index < -0.39 is 0 Å². The zero-order valence-corrected chi connectivity index (χ0v) is 14.4. The fourth-order valence-corrected chi connectivity index (χ4v) is 3.79. The summed E-state index contributed by atoms with van der Waals surface area (Å²) in [7, 11) is 1.68. The van der Waals surface area contributed by atoms with Gasteiger partial charge in [-0.3, -0.25) is 4.79 Å². The van der Waals surface area contributed by atoms with E-state index in [1.807, 2.05) is 12.1 Å². The van der Waals surface area contributed by atoms with Gasteiger partial charge in [0.25, 0.3) is 0 Å². The molecule has 0 bridgehead atoms. The van der Waals surface area contributed by atoms with E-state index in [2.05, 4.69) is 24.0 Å². The van der Waals surface area contributed by atoms with Gasteiger partial charge < -0.3 is 14.8 Å². The van der Waals surface area contributed by atoms with Gasteiger partial charge in [0.1, 0.15) is 0 Å². The highest BCUT2D eigenvalue weighted by Crippen LogP contribution is 2.37. The lowest BCUT2D eigenvalue weighted by atomic mass is 9.83.